The van der Waals surface area contributed by atoms with Crippen LogP contribution in [0.4, 0.5) is 0 Å². The van der Waals surface area contributed by atoms with Crippen molar-refractivity contribution in [2.75, 3.05) is 0 Å². The number of nitrogens with zero attached hydrogens (tertiary/aromatic N) is 1. The molecule has 0 aromatic heterocycles. The molecule has 0 bridgehead atoms. The topological polar surface area (TPSA) is 110 Å². The summed E-state index contributed by atoms with van der Waals surface area (Å²) in [5.74, 6) is -1.51. The second kappa shape index (κ2) is 8.04. The number of rotatable bonds is 5. The molecule has 0 saturated heterocycles. The molecule has 1 aromatic rings. The van der Waals surface area contributed by atoms with Crippen molar-refractivity contribution in [3.63, 3.8) is 0 Å². The van der Waals surface area contributed by atoms with Gasteiger partial charge < -0.3 is 25.5 Å². The highest BCUT2D eigenvalue weighted by Gasteiger charge is 2.36. The number of fused-ring (bicyclic) bond motifs is 1. The summed E-state index contributed by atoms with van der Waals surface area (Å²) in [6, 6.07) is 7.11. The first kappa shape index (κ1) is 19.3. The van der Waals surface area contributed by atoms with Gasteiger partial charge in [-0.1, -0.05) is 42.5 Å². The average molecular weight is 372 g/mol. The summed E-state index contributed by atoms with van der Waals surface area (Å²) in [5, 5.41) is 32.6. The van der Waals surface area contributed by atoms with Crippen molar-refractivity contribution in [3.8, 4) is 0 Å². The zero-order valence-corrected chi connectivity index (χ0v) is 15.1. The highest BCUT2D eigenvalue weighted by atomic mass is 16.3. The van der Waals surface area contributed by atoms with Gasteiger partial charge in [0, 0.05) is 25.6 Å². The maximum Gasteiger partial charge on any atom is 0.255 e. The molecule has 1 heterocycles. The van der Waals surface area contributed by atoms with Crippen molar-refractivity contribution in [1.29, 1.82) is 0 Å². The van der Waals surface area contributed by atoms with Crippen LogP contribution in [-0.2, 0) is 22.7 Å². The van der Waals surface area contributed by atoms with Gasteiger partial charge in [-0.15, -0.1) is 0 Å². The fraction of sp³-hybridized carbons (Fsp3) is 0.400. The van der Waals surface area contributed by atoms with Gasteiger partial charge in [0.05, 0.1) is 6.10 Å². The number of aliphatic hydroxyl groups is 3. The monoisotopic (exact) mass is 372 g/mol. The number of benzene rings is 1. The van der Waals surface area contributed by atoms with E-state index in [0.29, 0.717) is 19.5 Å². The normalized spacial score (nSPS) is 21.9. The Labute approximate surface area is 157 Å². The van der Waals surface area contributed by atoms with Crippen molar-refractivity contribution >= 4 is 11.8 Å². The Morgan fingerprint density at radius 3 is 2.37 bits per heavy atom. The van der Waals surface area contributed by atoms with Crippen molar-refractivity contribution in [3.05, 3.63) is 59.2 Å². The summed E-state index contributed by atoms with van der Waals surface area (Å²) in [6.07, 6.45) is 1.19. The minimum Gasteiger partial charge on any atom is -0.389 e. The SMILES string of the molecule is C[C@H](NC(=O)C(O)C(O)C(=O)N1Cc2ccccc2C1)C1=CC=CC(O)C1. The minimum atomic E-state index is -1.87. The lowest BCUT2D eigenvalue weighted by atomic mass is 9.97. The maximum atomic E-state index is 12.5. The van der Waals surface area contributed by atoms with Gasteiger partial charge in [0.1, 0.15) is 0 Å². The second-order valence-electron chi connectivity index (χ2n) is 6.98. The van der Waals surface area contributed by atoms with Crippen LogP contribution in [0.3, 0.4) is 0 Å². The molecule has 0 fully saturated rings. The summed E-state index contributed by atoms with van der Waals surface area (Å²) in [6.45, 7) is 2.40. The van der Waals surface area contributed by atoms with E-state index in [2.05, 4.69) is 5.32 Å². The molecular weight excluding hydrogens is 348 g/mol. The largest absolute Gasteiger partial charge is 0.389 e. The van der Waals surface area contributed by atoms with Crippen LogP contribution in [-0.4, -0.2) is 56.4 Å². The molecule has 144 valence electrons. The van der Waals surface area contributed by atoms with Crippen molar-refractivity contribution in [2.24, 2.45) is 0 Å². The van der Waals surface area contributed by atoms with Crippen LogP contribution >= 0.6 is 0 Å². The molecule has 0 spiro atoms. The standard InChI is InChI=1S/C20H24N2O5/c1-12(13-7-4-8-16(23)9-13)21-19(26)17(24)18(25)20(27)22-10-14-5-2-3-6-15(14)11-22/h2-8,12,16-18,23-25H,9-11H2,1H3,(H,21,26)/t12-,16?,17?,18?/m0/s1. The molecule has 1 aromatic carbocycles. The van der Waals surface area contributed by atoms with E-state index in [9.17, 15) is 24.9 Å². The van der Waals surface area contributed by atoms with Gasteiger partial charge in [0.2, 0.25) is 0 Å². The molecule has 1 aliphatic carbocycles. The Bertz CT molecular complexity index is 763. The summed E-state index contributed by atoms with van der Waals surface area (Å²) in [4.78, 5) is 26.1. The fourth-order valence-electron chi connectivity index (χ4n) is 3.35. The molecule has 4 N–H and O–H groups in total. The van der Waals surface area contributed by atoms with Gasteiger partial charge in [0.15, 0.2) is 12.2 Å². The number of carbonyl (C=O) groups excluding carboxylic acids is 2. The number of aliphatic hydroxyl groups excluding tert-OH is 3. The van der Waals surface area contributed by atoms with Gasteiger partial charge in [0.25, 0.3) is 11.8 Å². The quantitative estimate of drug-likeness (QED) is 0.582. The van der Waals surface area contributed by atoms with E-state index in [1.165, 1.54) is 4.90 Å². The third-order valence-corrected chi connectivity index (χ3v) is 4.98. The van der Waals surface area contributed by atoms with Crippen LogP contribution in [0.15, 0.2) is 48.1 Å². The molecule has 4 atom stereocenters. The number of hydrogen-bond donors (Lipinski definition) is 4. The zero-order chi connectivity index (χ0) is 19.6. The van der Waals surface area contributed by atoms with Gasteiger partial charge in [-0.3, -0.25) is 9.59 Å². The summed E-state index contributed by atoms with van der Waals surface area (Å²) in [5.41, 5.74) is 2.77. The van der Waals surface area contributed by atoms with E-state index in [1.807, 2.05) is 24.3 Å². The van der Waals surface area contributed by atoms with E-state index in [4.69, 9.17) is 0 Å². The molecule has 27 heavy (non-hydrogen) atoms. The first-order valence-electron chi connectivity index (χ1n) is 8.94. The minimum absolute atomic E-state index is 0.341. The molecule has 7 heteroatoms. The van der Waals surface area contributed by atoms with Crippen molar-refractivity contribution in [2.45, 2.75) is 50.8 Å². The molecule has 3 rings (SSSR count). The molecular formula is C20H24N2O5. The number of nitrogens with one attached hydrogen (secondary N) is 1. The van der Waals surface area contributed by atoms with Crippen LogP contribution in [0.1, 0.15) is 24.5 Å². The van der Waals surface area contributed by atoms with Gasteiger partial charge in [-0.05, 0) is 23.6 Å². The van der Waals surface area contributed by atoms with E-state index in [0.717, 1.165) is 16.7 Å². The lowest BCUT2D eigenvalue weighted by Gasteiger charge is -2.25. The Hall–Kier alpha value is -2.48. The number of hydrogen-bond acceptors (Lipinski definition) is 5. The van der Waals surface area contributed by atoms with Gasteiger partial charge in [-0.2, -0.15) is 0 Å². The lowest BCUT2D eigenvalue weighted by Crippen LogP contribution is -2.51. The van der Waals surface area contributed by atoms with Crippen LogP contribution in [0.5, 0.6) is 0 Å². The van der Waals surface area contributed by atoms with E-state index in [-0.39, 0.29) is 0 Å². The van der Waals surface area contributed by atoms with Crippen LogP contribution in [0.2, 0.25) is 0 Å². The highest BCUT2D eigenvalue weighted by Crippen LogP contribution is 2.23. The predicted octanol–water partition coefficient (Wildman–Crippen LogP) is 0.00250. The first-order chi connectivity index (χ1) is 12.9. The Morgan fingerprint density at radius 1 is 1.15 bits per heavy atom. The predicted molar refractivity (Wildman–Crippen MR) is 98.2 cm³/mol. The van der Waals surface area contributed by atoms with Crippen LogP contribution in [0.25, 0.3) is 0 Å². The highest BCUT2D eigenvalue weighted by molar-refractivity contribution is 5.91. The maximum absolute atomic E-state index is 12.5. The second-order valence-corrected chi connectivity index (χ2v) is 6.98. The third-order valence-electron chi connectivity index (χ3n) is 4.98. The zero-order valence-electron chi connectivity index (χ0n) is 15.1. The Balaban J connectivity index is 1.57. The third kappa shape index (κ3) is 4.27. The summed E-state index contributed by atoms with van der Waals surface area (Å²) >= 11 is 0. The molecule has 3 unspecified atom stereocenters. The van der Waals surface area contributed by atoms with Crippen molar-refractivity contribution < 1.29 is 24.9 Å². The van der Waals surface area contributed by atoms with Gasteiger partial charge >= 0.3 is 0 Å². The average Bonchev–Trinajstić information content (AvgIpc) is 3.10. The van der Waals surface area contributed by atoms with E-state index >= 15 is 0 Å². The molecule has 7 nitrogen and oxygen atoms in total. The molecule has 2 aliphatic rings. The molecule has 0 radical (unpaired) electrons. The Morgan fingerprint density at radius 2 is 1.78 bits per heavy atom. The first-order valence-corrected chi connectivity index (χ1v) is 8.94. The van der Waals surface area contributed by atoms with E-state index < -0.39 is 36.2 Å². The van der Waals surface area contributed by atoms with Crippen molar-refractivity contribution in [1.82, 2.24) is 10.2 Å². The smallest absolute Gasteiger partial charge is 0.255 e. The van der Waals surface area contributed by atoms with Crippen LogP contribution in [0, 0.1) is 0 Å². The lowest BCUT2D eigenvalue weighted by molar-refractivity contribution is -0.153. The number of carbonyl (C=O) groups is 2. The summed E-state index contributed by atoms with van der Waals surface area (Å²) < 4.78 is 0. The van der Waals surface area contributed by atoms with Gasteiger partial charge in [-0.25, -0.2) is 0 Å². The number of amides is 2. The molecule has 2 amide bonds. The molecule has 1 aliphatic heterocycles. The van der Waals surface area contributed by atoms with E-state index in [1.54, 1.807) is 25.2 Å². The molecule has 0 saturated carbocycles. The fourth-order valence-corrected chi connectivity index (χ4v) is 3.35. The van der Waals surface area contributed by atoms with Crippen LogP contribution < -0.4 is 5.32 Å². The number of allylic oxidation sites excluding steroid dienone is 2. The Kier molecular flexibility index (Phi) is 5.74. The summed E-state index contributed by atoms with van der Waals surface area (Å²) in [7, 11) is 0.